The second kappa shape index (κ2) is 7.97. The van der Waals surface area contributed by atoms with Gasteiger partial charge in [0.25, 0.3) is 0 Å². The third-order valence-electron chi connectivity index (χ3n) is 3.05. The van der Waals surface area contributed by atoms with E-state index < -0.39 is 0 Å². The van der Waals surface area contributed by atoms with Crippen LogP contribution in [0.5, 0.6) is 0 Å². The van der Waals surface area contributed by atoms with Crippen LogP contribution < -0.4 is 0 Å². The van der Waals surface area contributed by atoms with E-state index in [2.05, 4.69) is 25.3 Å². The highest BCUT2D eigenvalue weighted by Crippen LogP contribution is 2.41. The summed E-state index contributed by atoms with van der Waals surface area (Å²) in [6.07, 6.45) is 6.41. The van der Waals surface area contributed by atoms with E-state index >= 15 is 0 Å². The molecular weight excluding hydrogens is 251 g/mol. The van der Waals surface area contributed by atoms with Gasteiger partial charge in [0.15, 0.2) is 0 Å². The summed E-state index contributed by atoms with van der Waals surface area (Å²) in [5, 5.41) is 2.06. The fourth-order valence-corrected chi connectivity index (χ4v) is 3.45. The highest BCUT2D eigenvalue weighted by molar-refractivity contribution is 7.17. The molecule has 96 valence electrons. The molecule has 0 fully saturated rings. The predicted octanol–water partition coefficient (Wildman–Crippen LogP) is 5.55. The number of hydrogen-bond acceptors (Lipinski definition) is 3. The molecule has 0 spiro atoms. The third-order valence-corrected chi connectivity index (χ3v) is 4.53. The summed E-state index contributed by atoms with van der Waals surface area (Å²) in [5.74, 6) is 0. The topological polar surface area (TPSA) is 26.3 Å². The minimum absolute atomic E-state index is 0.205. The molecule has 0 aliphatic carbocycles. The van der Waals surface area contributed by atoms with Gasteiger partial charge in [0.1, 0.15) is 5.60 Å². The zero-order valence-electron chi connectivity index (χ0n) is 10.6. The van der Waals surface area contributed by atoms with Crippen LogP contribution >= 0.6 is 20.0 Å². The Balaban J connectivity index is 2.88. The van der Waals surface area contributed by atoms with E-state index in [0.29, 0.717) is 0 Å². The Labute approximate surface area is 110 Å². The summed E-state index contributed by atoms with van der Waals surface area (Å²) in [7, 11) is -0.205. The molecule has 0 saturated heterocycles. The van der Waals surface area contributed by atoms with Crippen molar-refractivity contribution >= 4 is 20.0 Å². The molecule has 0 amide bonds. The summed E-state index contributed by atoms with van der Waals surface area (Å²) in [6, 6.07) is 4.14. The SMILES string of the molecule is CCCCC(CCCC)(OP=O)c1cccs1. The first-order valence-electron chi connectivity index (χ1n) is 6.34. The molecule has 0 aliphatic heterocycles. The molecule has 4 heteroatoms. The average molecular weight is 272 g/mol. The molecule has 0 aliphatic rings. The van der Waals surface area contributed by atoms with Gasteiger partial charge in [0.2, 0.25) is 0 Å². The minimum atomic E-state index is -0.330. The molecule has 1 heterocycles. The van der Waals surface area contributed by atoms with Crippen LogP contribution in [0.4, 0.5) is 0 Å². The molecule has 17 heavy (non-hydrogen) atoms. The quantitative estimate of drug-likeness (QED) is 0.551. The van der Waals surface area contributed by atoms with Crippen molar-refractivity contribution in [3.05, 3.63) is 22.4 Å². The molecule has 2 nitrogen and oxygen atoms in total. The van der Waals surface area contributed by atoms with Gasteiger partial charge in [-0.25, -0.2) is 4.57 Å². The van der Waals surface area contributed by atoms with Crippen molar-refractivity contribution in [2.75, 3.05) is 0 Å². The van der Waals surface area contributed by atoms with Crippen LogP contribution in [0.3, 0.4) is 0 Å². The van der Waals surface area contributed by atoms with E-state index in [1.807, 2.05) is 6.07 Å². The number of thiophene rings is 1. The van der Waals surface area contributed by atoms with E-state index in [9.17, 15) is 4.57 Å². The van der Waals surface area contributed by atoms with Gasteiger partial charge in [-0.3, -0.25) is 4.52 Å². The normalized spacial score (nSPS) is 12.1. The largest absolute Gasteiger partial charge is 0.328 e. The van der Waals surface area contributed by atoms with E-state index in [0.717, 1.165) is 38.5 Å². The van der Waals surface area contributed by atoms with Crippen molar-refractivity contribution < 1.29 is 9.09 Å². The van der Waals surface area contributed by atoms with Crippen LogP contribution in [0.2, 0.25) is 0 Å². The lowest BCUT2D eigenvalue weighted by Gasteiger charge is -2.30. The predicted molar refractivity (Wildman–Crippen MR) is 73.7 cm³/mol. The van der Waals surface area contributed by atoms with Gasteiger partial charge in [0, 0.05) is 4.88 Å². The molecule has 0 aromatic carbocycles. The summed E-state index contributed by atoms with van der Waals surface area (Å²) >= 11 is 1.70. The maximum atomic E-state index is 10.9. The third kappa shape index (κ3) is 4.17. The fraction of sp³-hybridized carbons (Fsp3) is 0.692. The smallest absolute Gasteiger partial charge is 0.282 e. The van der Waals surface area contributed by atoms with Crippen molar-refractivity contribution in [1.82, 2.24) is 0 Å². The summed E-state index contributed by atoms with van der Waals surface area (Å²) in [4.78, 5) is 1.21. The van der Waals surface area contributed by atoms with E-state index in [1.54, 1.807) is 11.3 Å². The molecule has 1 aromatic rings. The minimum Gasteiger partial charge on any atom is -0.282 e. The van der Waals surface area contributed by atoms with Crippen LogP contribution in [-0.2, 0) is 14.7 Å². The molecule has 0 unspecified atom stereocenters. The van der Waals surface area contributed by atoms with Gasteiger partial charge >= 0.3 is 8.69 Å². The van der Waals surface area contributed by atoms with Gasteiger partial charge in [-0.05, 0) is 24.3 Å². The molecule has 0 bridgehead atoms. The molecule has 0 radical (unpaired) electrons. The number of rotatable bonds is 9. The Bertz CT molecular complexity index is 303. The molecule has 0 saturated carbocycles. The first kappa shape index (κ1) is 14.8. The summed E-state index contributed by atoms with van der Waals surface area (Å²) in [6.45, 7) is 4.35. The van der Waals surface area contributed by atoms with Crippen LogP contribution in [0.15, 0.2) is 17.5 Å². The lowest BCUT2D eigenvalue weighted by molar-refractivity contribution is 0.0607. The van der Waals surface area contributed by atoms with Gasteiger partial charge < -0.3 is 0 Å². The van der Waals surface area contributed by atoms with Crippen molar-refractivity contribution in [1.29, 1.82) is 0 Å². The fourth-order valence-electron chi connectivity index (χ4n) is 2.04. The molecule has 0 atom stereocenters. The first-order valence-corrected chi connectivity index (χ1v) is 7.95. The first-order chi connectivity index (χ1) is 8.29. The summed E-state index contributed by atoms with van der Waals surface area (Å²) in [5.41, 5.74) is -0.330. The zero-order chi connectivity index (χ0) is 12.6. The van der Waals surface area contributed by atoms with E-state index in [1.165, 1.54) is 4.88 Å². The van der Waals surface area contributed by atoms with Crippen LogP contribution in [0.1, 0.15) is 57.2 Å². The Morgan fingerprint density at radius 1 is 1.29 bits per heavy atom. The Kier molecular flexibility index (Phi) is 6.94. The van der Waals surface area contributed by atoms with Gasteiger partial charge in [-0.15, -0.1) is 11.3 Å². The molecule has 1 aromatic heterocycles. The van der Waals surface area contributed by atoms with Crippen molar-refractivity contribution in [2.45, 2.75) is 58.0 Å². The van der Waals surface area contributed by atoms with Crippen LogP contribution in [0.25, 0.3) is 0 Å². The standard InChI is InChI=1S/C13H21O2PS/c1-3-5-9-13(15-16-14,10-6-4-2)12-8-7-11-17-12/h7-8,11H,3-6,9-10H2,1-2H3. The highest BCUT2D eigenvalue weighted by Gasteiger charge is 2.33. The maximum absolute atomic E-state index is 10.9. The number of unbranched alkanes of at least 4 members (excludes halogenated alkanes) is 2. The van der Waals surface area contributed by atoms with Gasteiger partial charge in [-0.2, -0.15) is 0 Å². The molecule has 0 N–H and O–H groups in total. The lowest BCUT2D eigenvalue weighted by Crippen LogP contribution is -2.25. The van der Waals surface area contributed by atoms with E-state index in [-0.39, 0.29) is 14.3 Å². The van der Waals surface area contributed by atoms with E-state index in [4.69, 9.17) is 4.52 Å². The highest BCUT2D eigenvalue weighted by atomic mass is 32.1. The Morgan fingerprint density at radius 2 is 1.94 bits per heavy atom. The zero-order valence-corrected chi connectivity index (χ0v) is 12.4. The molecule has 1 rings (SSSR count). The Hall–Kier alpha value is -0.240. The molecular formula is C13H21O2PS. The van der Waals surface area contributed by atoms with Crippen LogP contribution in [0, 0.1) is 0 Å². The lowest BCUT2D eigenvalue weighted by atomic mass is 9.89. The second-order valence-corrected chi connectivity index (χ2v) is 5.62. The monoisotopic (exact) mass is 272 g/mol. The maximum Gasteiger partial charge on any atom is 0.328 e. The van der Waals surface area contributed by atoms with Gasteiger partial charge in [0.05, 0.1) is 0 Å². The number of hydrogen-bond donors (Lipinski definition) is 0. The Morgan fingerprint density at radius 3 is 2.35 bits per heavy atom. The van der Waals surface area contributed by atoms with Crippen molar-refractivity contribution in [2.24, 2.45) is 0 Å². The van der Waals surface area contributed by atoms with Crippen LogP contribution in [-0.4, -0.2) is 0 Å². The second-order valence-electron chi connectivity index (χ2n) is 4.34. The summed E-state index contributed by atoms with van der Waals surface area (Å²) < 4.78 is 16.5. The van der Waals surface area contributed by atoms with Crippen molar-refractivity contribution in [3.63, 3.8) is 0 Å². The van der Waals surface area contributed by atoms with Crippen molar-refractivity contribution in [3.8, 4) is 0 Å². The average Bonchev–Trinajstić information content (AvgIpc) is 2.87. The van der Waals surface area contributed by atoms with Gasteiger partial charge in [-0.1, -0.05) is 45.6 Å².